The number of carbonyl (C=O) groups excluding carboxylic acids is 1. The standard InChI is InChI=1S/C13H18ClN3O4/c1-2-5-21-6-3-4-16-13(18)9-7-10(14)12(15)11(8-9)17(19)20/h7-8H,2-6,15H2,1H3,(H,16,18). The molecule has 0 spiro atoms. The summed E-state index contributed by atoms with van der Waals surface area (Å²) in [7, 11) is 0. The molecule has 1 amide bonds. The average molecular weight is 316 g/mol. The van der Waals surface area contributed by atoms with Gasteiger partial charge < -0.3 is 15.8 Å². The SMILES string of the molecule is CCCOCCCNC(=O)c1cc(Cl)c(N)c([N+](=O)[O-])c1. The summed E-state index contributed by atoms with van der Waals surface area (Å²) in [6.07, 6.45) is 1.61. The van der Waals surface area contributed by atoms with Crippen molar-refractivity contribution in [2.45, 2.75) is 19.8 Å². The van der Waals surface area contributed by atoms with E-state index < -0.39 is 10.8 Å². The summed E-state index contributed by atoms with van der Waals surface area (Å²) >= 11 is 5.80. The molecule has 0 radical (unpaired) electrons. The molecule has 0 unspecified atom stereocenters. The van der Waals surface area contributed by atoms with E-state index in [4.69, 9.17) is 22.1 Å². The maximum absolute atomic E-state index is 11.9. The summed E-state index contributed by atoms with van der Waals surface area (Å²) in [5.74, 6) is -0.435. The fourth-order valence-electron chi connectivity index (χ4n) is 1.61. The van der Waals surface area contributed by atoms with Crippen LogP contribution in [-0.2, 0) is 4.74 Å². The highest BCUT2D eigenvalue weighted by Crippen LogP contribution is 2.30. The van der Waals surface area contributed by atoms with Gasteiger partial charge in [0.15, 0.2) is 0 Å². The van der Waals surface area contributed by atoms with E-state index in [1.54, 1.807) is 0 Å². The van der Waals surface area contributed by atoms with Crippen LogP contribution < -0.4 is 11.1 Å². The van der Waals surface area contributed by atoms with Crippen LogP contribution >= 0.6 is 11.6 Å². The number of nitrogens with two attached hydrogens (primary N) is 1. The molecule has 1 aromatic carbocycles. The summed E-state index contributed by atoms with van der Waals surface area (Å²) in [5.41, 5.74) is 5.08. The van der Waals surface area contributed by atoms with Gasteiger partial charge in [0.1, 0.15) is 5.69 Å². The fourth-order valence-corrected chi connectivity index (χ4v) is 1.82. The van der Waals surface area contributed by atoms with Crippen LogP contribution in [-0.4, -0.2) is 30.6 Å². The molecule has 0 saturated carbocycles. The number of amides is 1. The number of anilines is 1. The van der Waals surface area contributed by atoms with E-state index in [1.807, 2.05) is 6.92 Å². The predicted molar refractivity (Wildman–Crippen MR) is 80.6 cm³/mol. The maximum Gasteiger partial charge on any atom is 0.294 e. The Balaban J connectivity index is 2.60. The van der Waals surface area contributed by atoms with Crippen molar-refractivity contribution in [2.75, 3.05) is 25.5 Å². The number of nitrogen functional groups attached to an aromatic ring is 1. The molecule has 21 heavy (non-hydrogen) atoms. The minimum Gasteiger partial charge on any atom is -0.392 e. The molecule has 8 heteroatoms. The Bertz CT molecular complexity index is 522. The quantitative estimate of drug-likeness (QED) is 0.331. The normalized spacial score (nSPS) is 10.4. The van der Waals surface area contributed by atoms with Crippen LogP contribution in [0.5, 0.6) is 0 Å². The van der Waals surface area contributed by atoms with E-state index in [1.165, 1.54) is 6.07 Å². The van der Waals surface area contributed by atoms with E-state index >= 15 is 0 Å². The van der Waals surface area contributed by atoms with Gasteiger partial charge in [-0.05, 0) is 18.9 Å². The lowest BCUT2D eigenvalue weighted by molar-refractivity contribution is -0.383. The molecule has 7 nitrogen and oxygen atoms in total. The highest BCUT2D eigenvalue weighted by Gasteiger charge is 2.19. The third-order valence-electron chi connectivity index (χ3n) is 2.67. The Hall–Kier alpha value is -1.86. The van der Waals surface area contributed by atoms with Gasteiger partial charge in [-0.15, -0.1) is 0 Å². The van der Waals surface area contributed by atoms with E-state index in [0.29, 0.717) is 26.2 Å². The minimum absolute atomic E-state index is 0.0133. The molecule has 0 fully saturated rings. The van der Waals surface area contributed by atoms with Crippen molar-refractivity contribution in [3.63, 3.8) is 0 Å². The van der Waals surface area contributed by atoms with Gasteiger partial charge in [0, 0.05) is 31.4 Å². The van der Waals surface area contributed by atoms with Crippen molar-refractivity contribution in [3.8, 4) is 0 Å². The molecular weight excluding hydrogens is 298 g/mol. The van der Waals surface area contributed by atoms with Gasteiger partial charge >= 0.3 is 0 Å². The highest BCUT2D eigenvalue weighted by molar-refractivity contribution is 6.34. The smallest absolute Gasteiger partial charge is 0.294 e. The molecule has 0 aromatic heterocycles. The van der Waals surface area contributed by atoms with Gasteiger partial charge in [-0.1, -0.05) is 18.5 Å². The zero-order chi connectivity index (χ0) is 15.8. The second-order valence-corrected chi connectivity index (χ2v) is 4.78. The number of benzene rings is 1. The first-order valence-electron chi connectivity index (χ1n) is 6.56. The van der Waals surface area contributed by atoms with Crippen LogP contribution in [0.25, 0.3) is 0 Å². The van der Waals surface area contributed by atoms with Gasteiger partial charge in [-0.25, -0.2) is 0 Å². The van der Waals surface area contributed by atoms with E-state index in [0.717, 1.165) is 12.5 Å². The molecule has 0 bridgehead atoms. The number of carbonyl (C=O) groups is 1. The number of halogens is 1. The van der Waals surface area contributed by atoms with E-state index in [2.05, 4.69) is 5.32 Å². The fraction of sp³-hybridized carbons (Fsp3) is 0.462. The van der Waals surface area contributed by atoms with Crippen molar-refractivity contribution in [1.29, 1.82) is 0 Å². The summed E-state index contributed by atoms with van der Waals surface area (Å²) in [6, 6.07) is 2.43. The Morgan fingerprint density at radius 1 is 1.48 bits per heavy atom. The Labute approximate surface area is 127 Å². The third kappa shape index (κ3) is 5.20. The lowest BCUT2D eigenvalue weighted by atomic mass is 10.1. The number of nitrogens with one attached hydrogen (secondary N) is 1. The zero-order valence-corrected chi connectivity index (χ0v) is 12.5. The predicted octanol–water partition coefficient (Wildman–Crippen LogP) is 2.38. The van der Waals surface area contributed by atoms with Gasteiger partial charge in [0.25, 0.3) is 11.6 Å². The minimum atomic E-state index is -0.670. The lowest BCUT2D eigenvalue weighted by Gasteiger charge is -2.07. The summed E-state index contributed by atoms with van der Waals surface area (Å²) in [6.45, 7) is 3.67. The second kappa shape index (κ2) is 8.43. The Morgan fingerprint density at radius 3 is 2.81 bits per heavy atom. The molecule has 0 saturated heterocycles. The van der Waals surface area contributed by atoms with Gasteiger partial charge in [0.2, 0.25) is 0 Å². The number of nitro groups is 1. The summed E-state index contributed by atoms with van der Waals surface area (Å²) in [4.78, 5) is 22.1. The number of nitrogens with zero attached hydrogens (tertiary/aromatic N) is 1. The number of nitro benzene ring substituents is 1. The topological polar surface area (TPSA) is 107 Å². The van der Waals surface area contributed by atoms with Crippen molar-refractivity contribution < 1.29 is 14.5 Å². The molecule has 0 atom stereocenters. The van der Waals surface area contributed by atoms with Crippen molar-refractivity contribution in [2.24, 2.45) is 0 Å². The van der Waals surface area contributed by atoms with Crippen molar-refractivity contribution in [1.82, 2.24) is 5.32 Å². The molecule has 3 N–H and O–H groups in total. The first-order chi connectivity index (χ1) is 9.97. The monoisotopic (exact) mass is 315 g/mol. The zero-order valence-electron chi connectivity index (χ0n) is 11.7. The molecule has 0 aliphatic carbocycles. The first kappa shape index (κ1) is 17.2. The van der Waals surface area contributed by atoms with Crippen LogP contribution in [0, 0.1) is 10.1 Å². The molecular formula is C13H18ClN3O4. The van der Waals surface area contributed by atoms with Crippen LogP contribution in [0.4, 0.5) is 11.4 Å². The first-order valence-corrected chi connectivity index (χ1v) is 6.94. The number of hydrogen-bond acceptors (Lipinski definition) is 5. The number of rotatable bonds is 8. The number of hydrogen-bond donors (Lipinski definition) is 2. The highest BCUT2D eigenvalue weighted by atomic mass is 35.5. The molecule has 0 heterocycles. The van der Waals surface area contributed by atoms with Crippen LogP contribution in [0.15, 0.2) is 12.1 Å². The largest absolute Gasteiger partial charge is 0.392 e. The molecule has 1 aromatic rings. The average Bonchev–Trinajstić information content (AvgIpc) is 2.44. The summed E-state index contributed by atoms with van der Waals surface area (Å²) in [5, 5.41) is 13.5. The van der Waals surface area contributed by atoms with Crippen molar-refractivity contribution in [3.05, 3.63) is 32.8 Å². The van der Waals surface area contributed by atoms with E-state index in [9.17, 15) is 14.9 Å². The lowest BCUT2D eigenvalue weighted by Crippen LogP contribution is -2.25. The molecule has 0 aliphatic heterocycles. The van der Waals surface area contributed by atoms with Gasteiger partial charge in [-0.2, -0.15) is 0 Å². The maximum atomic E-state index is 11.9. The molecule has 0 aliphatic rings. The van der Waals surface area contributed by atoms with E-state index in [-0.39, 0.29) is 22.0 Å². The Morgan fingerprint density at radius 2 is 2.19 bits per heavy atom. The molecule has 1 rings (SSSR count). The summed E-state index contributed by atoms with van der Waals surface area (Å²) < 4.78 is 5.28. The second-order valence-electron chi connectivity index (χ2n) is 4.37. The third-order valence-corrected chi connectivity index (χ3v) is 2.98. The van der Waals surface area contributed by atoms with Gasteiger partial charge in [-0.3, -0.25) is 14.9 Å². The van der Waals surface area contributed by atoms with Crippen LogP contribution in [0.2, 0.25) is 5.02 Å². The number of ether oxygens (including phenoxy) is 1. The van der Waals surface area contributed by atoms with Gasteiger partial charge in [0.05, 0.1) is 9.95 Å². The molecule has 116 valence electrons. The van der Waals surface area contributed by atoms with Crippen LogP contribution in [0.3, 0.4) is 0 Å². The van der Waals surface area contributed by atoms with Crippen molar-refractivity contribution >= 4 is 28.9 Å². The van der Waals surface area contributed by atoms with Crippen LogP contribution in [0.1, 0.15) is 30.1 Å². The Kier molecular flexibility index (Phi) is 6.90.